The van der Waals surface area contributed by atoms with E-state index in [1.54, 1.807) is 6.08 Å². The van der Waals surface area contributed by atoms with Crippen LogP contribution in [-0.2, 0) is 30.3 Å². The summed E-state index contributed by atoms with van der Waals surface area (Å²) in [5, 5.41) is 13.7. The first-order chi connectivity index (χ1) is 20.6. The number of allylic oxidation sites excluding steroid dienone is 2. The van der Waals surface area contributed by atoms with Gasteiger partial charge < -0.3 is 5.11 Å². The van der Waals surface area contributed by atoms with Crippen molar-refractivity contribution in [3.63, 3.8) is 0 Å². The third-order valence-electron chi connectivity index (χ3n) is 9.68. The van der Waals surface area contributed by atoms with Gasteiger partial charge in [0.1, 0.15) is 0 Å². The first-order valence-electron chi connectivity index (χ1n) is 16.3. The van der Waals surface area contributed by atoms with E-state index in [2.05, 4.69) is 101 Å². The van der Waals surface area contributed by atoms with Crippen molar-refractivity contribution in [2.45, 2.75) is 98.8 Å². The van der Waals surface area contributed by atoms with Crippen molar-refractivity contribution in [1.82, 2.24) is 4.98 Å². The zero-order chi connectivity index (χ0) is 30.6. The van der Waals surface area contributed by atoms with E-state index in [1.807, 2.05) is 6.07 Å². The number of pyridine rings is 1. The zero-order valence-corrected chi connectivity index (χ0v) is 29.4. The summed E-state index contributed by atoms with van der Waals surface area (Å²) in [6, 6.07) is 26.7. The third-order valence-corrected chi connectivity index (χ3v) is 9.68. The summed E-state index contributed by atoms with van der Waals surface area (Å²) >= 11 is 0. The number of benzene rings is 3. The van der Waals surface area contributed by atoms with E-state index in [-0.39, 0.29) is 50.6 Å². The number of rotatable bonds is 4. The fourth-order valence-electron chi connectivity index (χ4n) is 6.58. The second kappa shape index (κ2) is 16.1. The molecule has 0 atom stereocenters. The molecule has 0 unspecified atom stereocenters. The van der Waals surface area contributed by atoms with Crippen LogP contribution in [0.25, 0.3) is 32.9 Å². The van der Waals surface area contributed by atoms with Crippen LogP contribution in [0.15, 0.2) is 78.6 Å². The Morgan fingerprint density at radius 2 is 1.42 bits per heavy atom. The van der Waals surface area contributed by atoms with E-state index in [0.717, 1.165) is 67.1 Å². The fourth-order valence-corrected chi connectivity index (χ4v) is 6.58. The fraction of sp³-hybridized carbons (Fsp3) is 0.463. The summed E-state index contributed by atoms with van der Waals surface area (Å²) in [4.78, 5) is 17.1. The van der Waals surface area contributed by atoms with Gasteiger partial charge >= 0.3 is 0 Å². The molecule has 3 aromatic carbocycles. The Morgan fingerprint density at radius 1 is 0.822 bits per heavy atom. The molecule has 2 aliphatic carbocycles. The number of nitrogens with zero attached hydrogens (tertiary/aromatic N) is 1. The molecule has 6 rings (SSSR count). The Kier molecular flexibility index (Phi) is 13.2. The first-order valence-corrected chi connectivity index (χ1v) is 16.3. The normalized spacial score (nSPS) is 22.0. The number of ketones is 1. The van der Waals surface area contributed by atoms with Crippen LogP contribution in [0.3, 0.4) is 0 Å². The molecular weight excluding hydrogens is 731 g/mol. The maximum Gasteiger partial charge on any atom is 0.162 e. The Hall–Kier alpha value is -2.81. The van der Waals surface area contributed by atoms with Gasteiger partial charge in [0.15, 0.2) is 5.78 Å². The monoisotopic (exact) mass is 783 g/mol. The van der Waals surface area contributed by atoms with Gasteiger partial charge in [-0.3, -0.25) is 9.78 Å². The van der Waals surface area contributed by atoms with Crippen molar-refractivity contribution in [3.05, 3.63) is 90.2 Å². The van der Waals surface area contributed by atoms with Crippen LogP contribution in [0.1, 0.15) is 99.0 Å². The third kappa shape index (κ3) is 9.36. The molecule has 0 saturated heterocycles. The average Bonchev–Trinajstić information content (AvgIpc) is 3.00. The first kappa shape index (κ1) is 36.7. The molecule has 2 fully saturated rings. The standard InChI is InChI=1S/C23H20N.C17H28O2.CH4.Ir/c1-23(2,3)18-13-11-17-12-14-21(24-22(17)15-18)20-10-6-8-16-7-4-5-9-19(16)20;1-12-3-7-14(8-4-12)16(18)11-17(19)15-9-5-13(2)6-10-15;;/h4-9,11-15H,1-3H3;11-15,18H,3-10H2,1-2H3;1H4;/q-1;;;. The molecule has 1 radical (unpaired) electrons. The Labute approximate surface area is 285 Å². The van der Waals surface area contributed by atoms with Gasteiger partial charge in [0.2, 0.25) is 0 Å². The molecule has 2 saturated carbocycles. The van der Waals surface area contributed by atoms with E-state index in [9.17, 15) is 9.90 Å². The smallest absolute Gasteiger partial charge is 0.162 e. The summed E-state index contributed by atoms with van der Waals surface area (Å²) in [5.41, 5.74) is 4.52. The van der Waals surface area contributed by atoms with Crippen LogP contribution in [0.5, 0.6) is 0 Å². The van der Waals surface area contributed by atoms with Crippen molar-refractivity contribution in [2.75, 3.05) is 0 Å². The largest absolute Gasteiger partial charge is 0.512 e. The van der Waals surface area contributed by atoms with Crippen molar-refractivity contribution in [2.24, 2.45) is 23.7 Å². The molecule has 0 amide bonds. The minimum atomic E-state index is 0. The van der Waals surface area contributed by atoms with E-state index >= 15 is 0 Å². The number of aromatic nitrogens is 1. The molecule has 0 aliphatic heterocycles. The van der Waals surface area contributed by atoms with Gasteiger partial charge in [0.05, 0.1) is 11.3 Å². The zero-order valence-electron chi connectivity index (χ0n) is 27.0. The Bertz CT molecular complexity index is 1580. The number of hydrogen-bond acceptors (Lipinski definition) is 3. The summed E-state index contributed by atoms with van der Waals surface area (Å²) < 4.78 is 0. The number of fused-ring (bicyclic) bond motifs is 2. The van der Waals surface area contributed by atoms with E-state index in [0.29, 0.717) is 5.76 Å². The van der Waals surface area contributed by atoms with Crippen LogP contribution in [0.2, 0.25) is 0 Å². The van der Waals surface area contributed by atoms with Gasteiger partial charge in [-0.2, -0.15) is 0 Å². The van der Waals surface area contributed by atoms with Gasteiger partial charge in [0, 0.05) is 38.0 Å². The molecule has 0 bridgehead atoms. The molecule has 2 aliphatic rings. The SMILES string of the molecule is C.CC(C)(C)c1ccc2ccc(-c3[c-]ccc4ccccc34)nc2c1.CC1CCC(C(=O)C=C(O)C2CCC(C)CC2)CC1.[Ir]. The second-order valence-corrected chi connectivity index (χ2v) is 14.2. The molecule has 45 heavy (non-hydrogen) atoms. The topological polar surface area (TPSA) is 50.2 Å². The van der Waals surface area contributed by atoms with Crippen LogP contribution in [0.4, 0.5) is 0 Å². The molecule has 4 aromatic rings. The van der Waals surface area contributed by atoms with Crippen LogP contribution >= 0.6 is 0 Å². The van der Waals surface area contributed by atoms with Crippen LogP contribution in [0, 0.1) is 29.7 Å². The molecule has 0 spiro atoms. The number of aliphatic hydroxyl groups excluding tert-OH is 1. The maximum atomic E-state index is 12.2. The summed E-state index contributed by atoms with van der Waals surface area (Å²) in [6.07, 6.45) is 10.3. The molecule has 243 valence electrons. The maximum absolute atomic E-state index is 12.2. The van der Waals surface area contributed by atoms with Gasteiger partial charge in [0.25, 0.3) is 0 Å². The minimum absolute atomic E-state index is 0. The molecule has 1 aromatic heterocycles. The van der Waals surface area contributed by atoms with E-state index in [1.165, 1.54) is 34.6 Å². The minimum Gasteiger partial charge on any atom is -0.512 e. The summed E-state index contributed by atoms with van der Waals surface area (Å²) in [7, 11) is 0. The molecule has 4 heteroatoms. The molecular formula is C41H52IrNO2-. The van der Waals surface area contributed by atoms with Crippen molar-refractivity contribution in [1.29, 1.82) is 0 Å². The van der Waals surface area contributed by atoms with Crippen molar-refractivity contribution in [3.8, 4) is 11.3 Å². The Morgan fingerprint density at radius 3 is 2.07 bits per heavy atom. The second-order valence-electron chi connectivity index (χ2n) is 14.2. The number of carbonyl (C=O) groups is 1. The van der Waals surface area contributed by atoms with Gasteiger partial charge in [-0.1, -0.05) is 122 Å². The Balaban J connectivity index is 0.000000241. The molecule has 1 N–H and O–H groups in total. The molecule has 1 heterocycles. The van der Waals surface area contributed by atoms with Crippen molar-refractivity contribution >= 4 is 27.5 Å². The quantitative estimate of drug-likeness (QED) is 0.127. The number of carbonyl (C=O) groups excluding carboxylic acids is 1. The van der Waals surface area contributed by atoms with E-state index < -0.39 is 0 Å². The van der Waals surface area contributed by atoms with Crippen LogP contribution in [-0.4, -0.2) is 15.9 Å². The predicted molar refractivity (Wildman–Crippen MR) is 187 cm³/mol. The van der Waals surface area contributed by atoms with E-state index in [4.69, 9.17) is 4.98 Å². The van der Waals surface area contributed by atoms with Gasteiger partial charge in [-0.15, -0.1) is 29.1 Å². The summed E-state index contributed by atoms with van der Waals surface area (Å²) in [6.45, 7) is 11.2. The summed E-state index contributed by atoms with van der Waals surface area (Å²) in [5.74, 6) is 2.48. The van der Waals surface area contributed by atoms with Gasteiger partial charge in [-0.25, -0.2) is 0 Å². The number of hydrogen-bond donors (Lipinski definition) is 1. The van der Waals surface area contributed by atoms with Crippen molar-refractivity contribution < 1.29 is 30.0 Å². The predicted octanol–water partition coefficient (Wildman–Crippen LogP) is 11.4. The number of aliphatic hydroxyl groups is 1. The van der Waals surface area contributed by atoms with Crippen LogP contribution < -0.4 is 0 Å². The average molecular weight is 783 g/mol. The molecule has 3 nitrogen and oxygen atoms in total. The van der Waals surface area contributed by atoms with Gasteiger partial charge in [-0.05, 0) is 65.6 Å².